The summed E-state index contributed by atoms with van der Waals surface area (Å²) < 4.78 is 0. The Bertz CT molecular complexity index is 1480. The van der Waals surface area contributed by atoms with E-state index in [1.807, 2.05) is 24.3 Å². The molecule has 3 rings (SSSR count). The SMILES string of the molecule is N#CC(C#N)=c1cc(-c2ccccc2C#N)c(=C(C#N)C#N)cc1-c1ccccc1C#N. The van der Waals surface area contributed by atoms with Gasteiger partial charge in [-0.1, -0.05) is 36.4 Å². The van der Waals surface area contributed by atoms with Crippen molar-refractivity contribution >= 4 is 11.1 Å². The van der Waals surface area contributed by atoms with Crippen molar-refractivity contribution in [2.75, 3.05) is 0 Å². The fourth-order valence-electron chi connectivity index (χ4n) is 3.38. The van der Waals surface area contributed by atoms with Crippen LogP contribution in [0.25, 0.3) is 33.4 Å². The predicted molar refractivity (Wildman–Crippen MR) is 115 cm³/mol. The van der Waals surface area contributed by atoms with E-state index < -0.39 is 0 Å². The molecule has 0 unspecified atom stereocenters. The molecule has 0 radical (unpaired) electrons. The largest absolute Gasteiger partial charge is 0.192 e. The van der Waals surface area contributed by atoms with Gasteiger partial charge in [-0.15, -0.1) is 0 Å². The zero-order chi connectivity index (χ0) is 23.1. The molecule has 0 fully saturated rings. The molecular weight excluding hydrogens is 396 g/mol. The third-order valence-corrected chi connectivity index (χ3v) is 4.82. The first kappa shape index (κ1) is 21.1. The van der Waals surface area contributed by atoms with Crippen LogP contribution in [0.2, 0.25) is 0 Å². The standard InChI is InChI=1S/C26H10N6/c27-11-17-5-1-3-7-21(17)25-9-24(20(15-31)16-32)26(10-23(25)19(13-29)14-30)22-8-4-2-6-18(22)12-28/h1-10H. The average molecular weight is 406 g/mol. The van der Waals surface area contributed by atoms with Gasteiger partial charge in [-0.3, -0.25) is 0 Å². The molecule has 0 saturated heterocycles. The van der Waals surface area contributed by atoms with Crippen LogP contribution in [0.4, 0.5) is 0 Å². The summed E-state index contributed by atoms with van der Waals surface area (Å²) >= 11 is 0. The van der Waals surface area contributed by atoms with Crippen LogP contribution in [-0.2, 0) is 0 Å². The maximum Gasteiger partial charge on any atom is 0.137 e. The molecule has 0 aliphatic heterocycles. The molecule has 0 aromatic heterocycles. The van der Waals surface area contributed by atoms with Crippen molar-refractivity contribution < 1.29 is 0 Å². The van der Waals surface area contributed by atoms with Crippen molar-refractivity contribution in [3.8, 4) is 58.7 Å². The molecule has 144 valence electrons. The summed E-state index contributed by atoms with van der Waals surface area (Å²) in [5.41, 5.74) is 1.81. The average Bonchev–Trinajstić information content (AvgIpc) is 2.85. The lowest BCUT2D eigenvalue weighted by atomic mass is 9.89. The van der Waals surface area contributed by atoms with Crippen molar-refractivity contribution in [3.63, 3.8) is 0 Å². The van der Waals surface area contributed by atoms with Gasteiger partial charge >= 0.3 is 0 Å². The molecule has 0 atom stereocenters. The van der Waals surface area contributed by atoms with E-state index in [0.717, 1.165) is 0 Å². The lowest BCUT2D eigenvalue weighted by molar-refractivity contribution is 1.42. The van der Waals surface area contributed by atoms with Crippen LogP contribution in [-0.4, -0.2) is 0 Å². The number of rotatable bonds is 2. The summed E-state index contributed by atoms with van der Waals surface area (Å²) in [4.78, 5) is 0. The van der Waals surface area contributed by atoms with E-state index in [1.54, 1.807) is 48.5 Å². The van der Waals surface area contributed by atoms with Crippen molar-refractivity contribution in [2.24, 2.45) is 0 Å². The summed E-state index contributed by atoms with van der Waals surface area (Å²) in [6.45, 7) is 0. The second kappa shape index (κ2) is 9.23. The minimum Gasteiger partial charge on any atom is -0.192 e. The third-order valence-electron chi connectivity index (χ3n) is 4.82. The Morgan fingerprint density at radius 2 is 0.812 bits per heavy atom. The van der Waals surface area contributed by atoms with Crippen molar-refractivity contribution in [2.45, 2.75) is 0 Å². The van der Waals surface area contributed by atoms with Crippen LogP contribution in [0.3, 0.4) is 0 Å². The highest BCUT2D eigenvalue weighted by Crippen LogP contribution is 2.24. The van der Waals surface area contributed by atoms with Crippen LogP contribution in [0.15, 0.2) is 60.7 Å². The zero-order valence-electron chi connectivity index (χ0n) is 16.5. The molecule has 0 bridgehead atoms. The van der Waals surface area contributed by atoms with Crippen LogP contribution in [0, 0.1) is 68.0 Å². The number of benzene rings is 3. The van der Waals surface area contributed by atoms with Gasteiger partial charge < -0.3 is 0 Å². The molecule has 0 spiro atoms. The van der Waals surface area contributed by atoms with E-state index in [1.165, 1.54) is 12.1 Å². The predicted octanol–water partition coefficient (Wildman–Crippen LogP) is 3.16. The summed E-state index contributed by atoms with van der Waals surface area (Å²) in [6.07, 6.45) is 0. The van der Waals surface area contributed by atoms with Crippen LogP contribution >= 0.6 is 0 Å². The molecule has 3 aromatic rings. The highest BCUT2D eigenvalue weighted by Gasteiger charge is 2.15. The van der Waals surface area contributed by atoms with Gasteiger partial charge in [0, 0.05) is 21.6 Å². The van der Waals surface area contributed by atoms with Crippen molar-refractivity contribution in [1.29, 1.82) is 31.6 Å². The first-order valence-corrected chi connectivity index (χ1v) is 9.15. The second-order valence-electron chi connectivity index (χ2n) is 6.46. The van der Waals surface area contributed by atoms with E-state index in [9.17, 15) is 31.6 Å². The van der Waals surface area contributed by atoms with E-state index in [-0.39, 0.29) is 21.6 Å². The Labute approximate surface area is 183 Å². The van der Waals surface area contributed by atoms with Crippen molar-refractivity contribution in [1.82, 2.24) is 0 Å². The molecule has 0 heterocycles. The maximum atomic E-state index is 9.57. The fourth-order valence-corrected chi connectivity index (χ4v) is 3.38. The topological polar surface area (TPSA) is 143 Å². The summed E-state index contributed by atoms with van der Waals surface area (Å²) in [5, 5.41) is 57.9. The van der Waals surface area contributed by atoms with E-state index >= 15 is 0 Å². The highest BCUT2D eigenvalue weighted by atomic mass is 14.3. The number of hydrogen-bond donors (Lipinski definition) is 0. The van der Waals surface area contributed by atoms with Gasteiger partial charge in [0.25, 0.3) is 0 Å². The monoisotopic (exact) mass is 406 g/mol. The van der Waals surface area contributed by atoms with Gasteiger partial charge in [-0.2, -0.15) is 31.6 Å². The Hall–Kier alpha value is -5.66. The molecular formula is C26H10N6. The Balaban J connectivity index is 2.70. The van der Waals surface area contributed by atoms with Gasteiger partial charge in [0.05, 0.1) is 23.3 Å². The molecule has 32 heavy (non-hydrogen) atoms. The second-order valence-corrected chi connectivity index (χ2v) is 6.46. The lowest BCUT2D eigenvalue weighted by Gasteiger charge is -2.11. The summed E-state index contributed by atoms with van der Waals surface area (Å²) in [5.74, 6) is 0. The molecule has 6 nitrogen and oxygen atoms in total. The van der Waals surface area contributed by atoms with Gasteiger partial charge in [-0.25, -0.2) is 0 Å². The molecule has 6 heteroatoms. The van der Waals surface area contributed by atoms with Gasteiger partial charge in [0.2, 0.25) is 0 Å². The lowest BCUT2D eigenvalue weighted by Crippen LogP contribution is -2.20. The van der Waals surface area contributed by atoms with Gasteiger partial charge in [0.15, 0.2) is 0 Å². The van der Waals surface area contributed by atoms with Crippen LogP contribution in [0.5, 0.6) is 0 Å². The smallest absolute Gasteiger partial charge is 0.137 e. The first-order valence-electron chi connectivity index (χ1n) is 9.15. The Kier molecular flexibility index (Phi) is 6.07. The first-order chi connectivity index (χ1) is 15.6. The minimum absolute atomic E-state index is 0.203. The number of hydrogen-bond acceptors (Lipinski definition) is 6. The molecule has 0 amide bonds. The zero-order valence-corrected chi connectivity index (χ0v) is 16.5. The third kappa shape index (κ3) is 3.64. The van der Waals surface area contributed by atoms with Gasteiger partial charge in [0.1, 0.15) is 35.4 Å². The van der Waals surface area contributed by atoms with E-state index in [0.29, 0.717) is 33.4 Å². The molecule has 0 saturated carbocycles. The molecule has 0 aliphatic rings. The normalized spacial score (nSPS) is 9.06. The number of nitrogens with zero attached hydrogens (tertiary/aromatic N) is 6. The van der Waals surface area contributed by atoms with Crippen LogP contribution in [0.1, 0.15) is 11.1 Å². The Morgan fingerprint density at radius 3 is 1.12 bits per heavy atom. The quantitative estimate of drug-likeness (QED) is 0.639. The van der Waals surface area contributed by atoms with E-state index in [4.69, 9.17) is 0 Å². The maximum absolute atomic E-state index is 9.57. The fraction of sp³-hybridized carbons (Fsp3) is 0. The minimum atomic E-state index is -0.203. The van der Waals surface area contributed by atoms with Crippen LogP contribution < -0.4 is 10.4 Å². The molecule has 0 aliphatic carbocycles. The van der Waals surface area contributed by atoms with Gasteiger partial charge in [-0.05, 0) is 35.4 Å². The Morgan fingerprint density at radius 1 is 0.469 bits per heavy atom. The summed E-state index contributed by atoms with van der Waals surface area (Å²) in [6, 6.07) is 28.0. The highest BCUT2D eigenvalue weighted by molar-refractivity contribution is 5.87. The summed E-state index contributed by atoms with van der Waals surface area (Å²) in [7, 11) is 0. The van der Waals surface area contributed by atoms with Crippen molar-refractivity contribution in [3.05, 3.63) is 82.2 Å². The molecule has 3 aromatic carbocycles. The molecule has 0 N–H and O–H groups in total. The number of nitriles is 6. The van der Waals surface area contributed by atoms with E-state index in [2.05, 4.69) is 12.1 Å².